The lowest BCUT2D eigenvalue weighted by molar-refractivity contribution is 0.174. The Hall–Kier alpha value is -3.29. The van der Waals surface area contributed by atoms with Crippen LogP contribution in [-0.4, -0.2) is 20.9 Å². The fourth-order valence-electron chi connectivity index (χ4n) is 2.90. The Balaban J connectivity index is 1.94. The molecule has 0 saturated heterocycles. The van der Waals surface area contributed by atoms with Crippen LogP contribution in [0, 0.1) is 6.92 Å². The minimum Gasteiger partial charge on any atom is -0.454 e. The van der Waals surface area contributed by atoms with Gasteiger partial charge in [-0.25, -0.2) is 9.78 Å². The van der Waals surface area contributed by atoms with Crippen LogP contribution in [0.2, 0.25) is 0 Å². The summed E-state index contributed by atoms with van der Waals surface area (Å²) in [7, 11) is 3.05. The van der Waals surface area contributed by atoms with Crippen LogP contribution in [0.25, 0.3) is 11.0 Å². The van der Waals surface area contributed by atoms with Crippen LogP contribution in [0.4, 0.5) is 11.4 Å². The van der Waals surface area contributed by atoms with Gasteiger partial charge in [-0.15, -0.1) is 0 Å². The number of rotatable bonds is 2. The zero-order valence-electron chi connectivity index (χ0n) is 14.0. The summed E-state index contributed by atoms with van der Waals surface area (Å²) < 4.78 is 13.1. The van der Waals surface area contributed by atoms with E-state index in [1.54, 1.807) is 25.4 Å². The Kier molecular flexibility index (Phi) is 3.28. The number of nitrogens with one attached hydrogen (secondary N) is 1. The van der Waals surface area contributed by atoms with Crippen LogP contribution >= 0.6 is 0 Å². The van der Waals surface area contributed by atoms with Crippen molar-refractivity contribution >= 4 is 22.4 Å². The van der Waals surface area contributed by atoms with Crippen molar-refractivity contribution in [2.45, 2.75) is 6.92 Å². The summed E-state index contributed by atoms with van der Waals surface area (Å²) in [6.45, 7) is 2.05. The van der Waals surface area contributed by atoms with Gasteiger partial charge in [0.1, 0.15) is 5.39 Å². The summed E-state index contributed by atoms with van der Waals surface area (Å²) in [5.74, 6) is 1.32. The number of anilines is 2. The first kappa shape index (κ1) is 15.3. The molecule has 0 radical (unpaired) electrons. The average molecular weight is 340 g/mol. The first-order chi connectivity index (χ1) is 12.0. The van der Waals surface area contributed by atoms with Crippen molar-refractivity contribution in [3.05, 3.63) is 50.8 Å². The van der Waals surface area contributed by atoms with Crippen LogP contribution in [0.3, 0.4) is 0 Å². The Morgan fingerprint density at radius 1 is 1.12 bits per heavy atom. The molecule has 0 atom stereocenters. The lowest BCUT2D eigenvalue weighted by Crippen LogP contribution is -2.37. The highest BCUT2D eigenvalue weighted by Crippen LogP contribution is 2.36. The Bertz CT molecular complexity index is 1130. The monoisotopic (exact) mass is 340 g/mol. The molecule has 2 aromatic heterocycles. The maximum atomic E-state index is 12.7. The Labute approximate surface area is 142 Å². The first-order valence-electron chi connectivity index (χ1n) is 7.69. The van der Waals surface area contributed by atoms with Gasteiger partial charge in [0.25, 0.3) is 5.56 Å². The highest BCUT2D eigenvalue weighted by atomic mass is 16.7. The van der Waals surface area contributed by atoms with Crippen molar-refractivity contribution < 1.29 is 9.47 Å². The Morgan fingerprint density at radius 2 is 1.88 bits per heavy atom. The minimum atomic E-state index is -0.414. The van der Waals surface area contributed by atoms with Crippen molar-refractivity contribution in [2.24, 2.45) is 14.1 Å². The molecule has 1 N–H and O–H groups in total. The molecular formula is C17H16N4O4. The molecule has 8 heteroatoms. The molecular weight excluding hydrogens is 324 g/mol. The second-order valence-electron chi connectivity index (χ2n) is 5.91. The van der Waals surface area contributed by atoms with Gasteiger partial charge in [-0.2, -0.15) is 0 Å². The van der Waals surface area contributed by atoms with E-state index >= 15 is 0 Å². The molecule has 8 nitrogen and oxygen atoms in total. The maximum absolute atomic E-state index is 12.7. The van der Waals surface area contributed by atoms with E-state index in [0.29, 0.717) is 28.2 Å². The molecule has 0 bridgehead atoms. The van der Waals surface area contributed by atoms with Gasteiger partial charge >= 0.3 is 5.69 Å². The third-order valence-electron chi connectivity index (χ3n) is 4.30. The molecule has 4 rings (SSSR count). The number of hydrogen-bond donors (Lipinski definition) is 1. The number of aryl methyl sites for hydroxylation is 2. The molecule has 0 unspecified atom stereocenters. The van der Waals surface area contributed by atoms with Crippen molar-refractivity contribution in [3.8, 4) is 11.5 Å². The van der Waals surface area contributed by atoms with Gasteiger partial charge < -0.3 is 14.8 Å². The first-order valence-corrected chi connectivity index (χ1v) is 7.69. The molecule has 1 aliphatic rings. The molecule has 0 saturated carbocycles. The molecule has 1 aromatic carbocycles. The fraction of sp³-hybridized carbons (Fsp3) is 0.235. The van der Waals surface area contributed by atoms with Crippen LogP contribution < -0.4 is 26.0 Å². The summed E-state index contributed by atoms with van der Waals surface area (Å²) in [6.07, 6.45) is 1.64. The topological polar surface area (TPSA) is 87.4 Å². The van der Waals surface area contributed by atoms with Crippen molar-refractivity contribution in [1.82, 2.24) is 14.1 Å². The molecule has 3 heterocycles. The summed E-state index contributed by atoms with van der Waals surface area (Å²) in [6, 6.07) is 5.45. The van der Waals surface area contributed by atoms with Gasteiger partial charge in [0.2, 0.25) is 6.79 Å². The fourth-order valence-corrected chi connectivity index (χ4v) is 2.90. The van der Waals surface area contributed by atoms with Crippen LogP contribution in [-0.2, 0) is 14.1 Å². The summed E-state index contributed by atoms with van der Waals surface area (Å²) in [4.78, 5) is 29.1. The zero-order valence-corrected chi connectivity index (χ0v) is 14.0. The zero-order chi connectivity index (χ0) is 17.7. The third kappa shape index (κ3) is 2.25. The van der Waals surface area contributed by atoms with Crippen molar-refractivity contribution in [1.29, 1.82) is 0 Å². The highest BCUT2D eigenvalue weighted by molar-refractivity contribution is 5.92. The van der Waals surface area contributed by atoms with Crippen LogP contribution in [0.5, 0.6) is 11.5 Å². The van der Waals surface area contributed by atoms with E-state index < -0.39 is 11.2 Å². The predicted octanol–water partition coefficient (Wildman–Crippen LogP) is 1.41. The number of pyridine rings is 1. The minimum absolute atomic E-state index is 0.193. The molecule has 1 aliphatic heterocycles. The highest BCUT2D eigenvalue weighted by Gasteiger charge is 2.17. The quantitative estimate of drug-likeness (QED) is 0.759. The number of fused-ring (bicyclic) bond motifs is 2. The van der Waals surface area contributed by atoms with E-state index in [2.05, 4.69) is 10.3 Å². The van der Waals surface area contributed by atoms with E-state index in [4.69, 9.17) is 9.47 Å². The number of aromatic nitrogens is 3. The molecule has 0 amide bonds. The van der Waals surface area contributed by atoms with Gasteiger partial charge in [0, 0.05) is 32.0 Å². The second kappa shape index (κ2) is 5.37. The van der Waals surface area contributed by atoms with E-state index in [1.807, 2.05) is 13.0 Å². The number of benzene rings is 1. The number of nitrogens with zero attached hydrogens (tertiary/aromatic N) is 3. The number of ether oxygens (including phenoxy) is 2. The van der Waals surface area contributed by atoms with Crippen molar-refractivity contribution in [3.63, 3.8) is 0 Å². The summed E-state index contributed by atoms with van der Waals surface area (Å²) in [5, 5.41) is 3.62. The van der Waals surface area contributed by atoms with Crippen molar-refractivity contribution in [2.75, 3.05) is 12.1 Å². The van der Waals surface area contributed by atoms with Crippen LogP contribution in [0.1, 0.15) is 5.56 Å². The van der Waals surface area contributed by atoms with Gasteiger partial charge in [0.05, 0.1) is 5.69 Å². The molecule has 0 aliphatic carbocycles. The van der Waals surface area contributed by atoms with Gasteiger partial charge in [0.15, 0.2) is 17.1 Å². The van der Waals surface area contributed by atoms with Gasteiger partial charge in [-0.1, -0.05) is 0 Å². The normalized spacial score (nSPS) is 12.6. The molecule has 0 fully saturated rings. The molecule has 0 spiro atoms. The van der Waals surface area contributed by atoms with E-state index in [9.17, 15) is 9.59 Å². The maximum Gasteiger partial charge on any atom is 0.332 e. The molecule has 3 aromatic rings. The predicted molar refractivity (Wildman–Crippen MR) is 92.8 cm³/mol. The molecule has 128 valence electrons. The van der Waals surface area contributed by atoms with E-state index in [-0.39, 0.29) is 6.79 Å². The molecule has 25 heavy (non-hydrogen) atoms. The average Bonchev–Trinajstić information content (AvgIpc) is 3.07. The summed E-state index contributed by atoms with van der Waals surface area (Å²) in [5.41, 5.74) is 1.68. The lowest BCUT2D eigenvalue weighted by atomic mass is 10.1. The summed E-state index contributed by atoms with van der Waals surface area (Å²) >= 11 is 0. The third-order valence-corrected chi connectivity index (χ3v) is 4.30. The SMILES string of the molecule is Cc1cnc2c(c1Nc1ccc3c(c1)OCO3)c(=O)n(C)c(=O)n2C. The second-order valence-corrected chi connectivity index (χ2v) is 5.91. The van der Waals surface area contributed by atoms with Gasteiger partial charge in [-0.05, 0) is 24.6 Å². The smallest absolute Gasteiger partial charge is 0.332 e. The van der Waals surface area contributed by atoms with Crippen LogP contribution in [0.15, 0.2) is 34.0 Å². The van der Waals surface area contributed by atoms with E-state index in [0.717, 1.165) is 15.8 Å². The standard InChI is InChI=1S/C17H16N4O4/c1-9-7-18-15-13(16(22)21(3)17(23)20(15)2)14(9)19-10-4-5-11-12(6-10)25-8-24-11/h4-7H,8H2,1-3H3,(H,18,19). The van der Waals surface area contributed by atoms with E-state index in [1.165, 1.54) is 11.6 Å². The largest absolute Gasteiger partial charge is 0.454 e. The Morgan fingerprint density at radius 3 is 2.68 bits per heavy atom. The lowest BCUT2D eigenvalue weighted by Gasteiger charge is -2.14. The number of hydrogen-bond acceptors (Lipinski definition) is 6. The van der Waals surface area contributed by atoms with Gasteiger partial charge in [-0.3, -0.25) is 13.9 Å².